The molecule has 3 heterocycles. The van der Waals surface area contributed by atoms with E-state index >= 15 is 0 Å². The van der Waals surface area contributed by atoms with Gasteiger partial charge in [-0.3, -0.25) is 14.4 Å². The number of carbonyl (C=O) groups excluding carboxylic acids is 3. The second-order valence-corrected chi connectivity index (χ2v) is 14.0. The minimum Gasteiger partial charge on any atom is -0.494 e. The van der Waals surface area contributed by atoms with Gasteiger partial charge in [0.05, 0.1) is 30.2 Å². The Bertz CT molecular complexity index is 1790. The number of benzene rings is 2. The summed E-state index contributed by atoms with van der Waals surface area (Å²) >= 11 is 1.32. The third-order valence-corrected chi connectivity index (χ3v) is 9.20. The number of anilines is 3. The van der Waals surface area contributed by atoms with Gasteiger partial charge in [0.25, 0.3) is 11.8 Å². The highest BCUT2D eigenvalue weighted by atomic mass is 32.1. The summed E-state index contributed by atoms with van der Waals surface area (Å²) in [7, 11) is 7.19. The van der Waals surface area contributed by atoms with E-state index in [1.807, 2.05) is 52.7 Å². The first kappa shape index (κ1) is 32.3. The van der Waals surface area contributed by atoms with Crippen LogP contribution in [0.4, 0.5) is 17.2 Å². The van der Waals surface area contributed by atoms with Crippen molar-refractivity contribution in [2.24, 2.45) is 5.92 Å². The molecule has 2 aliphatic rings. The average molecular weight is 647 g/mol. The Morgan fingerprint density at radius 1 is 0.957 bits per heavy atom. The Morgan fingerprint density at radius 2 is 1.70 bits per heavy atom. The number of aromatic nitrogens is 3. The van der Waals surface area contributed by atoms with Gasteiger partial charge < -0.3 is 25.6 Å². The molecule has 11 nitrogen and oxygen atoms in total. The summed E-state index contributed by atoms with van der Waals surface area (Å²) in [6, 6.07) is 17.6. The van der Waals surface area contributed by atoms with E-state index in [-0.39, 0.29) is 29.2 Å². The second-order valence-electron chi connectivity index (χ2n) is 13.0. The van der Waals surface area contributed by atoms with Crippen molar-refractivity contribution in [3.63, 3.8) is 0 Å². The molecule has 238 valence electrons. The fraction of sp³-hybridized carbons (Fsp3) is 0.312. The first-order chi connectivity index (χ1) is 22.6. The number of hydrogen-bond acceptors (Lipinski definition) is 9. The largest absolute Gasteiger partial charge is 0.494 e. The SMILES string of the molecule is BC(B)(B)NC(=O)c1nnc(NC(=O)C2CC2)cc1Nc1cccc(-c2ncc(C(=O)N3CCC(c4ccccc4)CC3)s2)c1OC. The van der Waals surface area contributed by atoms with Crippen LogP contribution in [0.15, 0.2) is 60.8 Å². The van der Waals surface area contributed by atoms with Crippen LogP contribution in [0.25, 0.3) is 10.6 Å². The molecule has 3 amide bonds. The van der Waals surface area contributed by atoms with Gasteiger partial charge in [0.15, 0.2) is 17.3 Å². The number of likely N-dealkylation sites (tertiary alicyclic amines) is 1. The number of ether oxygens (including phenoxy) is 1. The zero-order valence-corrected chi connectivity index (χ0v) is 27.8. The molecule has 0 bridgehead atoms. The van der Waals surface area contributed by atoms with E-state index < -0.39 is 11.1 Å². The molecule has 47 heavy (non-hydrogen) atoms. The summed E-state index contributed by atoms with van der Waals surface area (Å²) in [6.07, 6.45) is 5.17. The summed E-state index contributed by atoms with van der Waals surface area (Å²) in [6.45, 7) is 1.39. The fourth-order valence-corrected chi connectivity index (χ4v) is 6.56. The van der Waals surface area contributed by atoms with Crippen LogP contribution in [0.1, 0.15) is 57.3 Å². The summed E-state index contributed by atoms with van der Waals surface area (Å²) < 4.78 is 5.86. The van der Waals surface area contributed by atoms with Crippen molar-refractivity contribution in [3.05, 3.63) is 76.9 Å². The number of rotatable bonds is 10. The standard InChI is InChI=1S/C32H36B3N7O4S/c1-46-27-21(30-36-17-24(47-30)31(45)42-14-12-19(13-15-42)18-6-3-2-4-7-18)8-5-9-22(27)37-23-16-25(38-28(43)20-10-11-20)40-41-26(23)29(44)39-32(33,34)35/h2-9,16-17,19-20H,10-15,33-35H2,1H3,(H,39,44)(H2,37,38,40,43). The lowest BCUT2D eigenvalue weighted by Crippen LogP contribution is -2.50. The smallest absolute Gasteiger partial charge is 0.272 e. The lowest BCUT2D eigenvalue weighted by molar-refractivity contribution is -0.117. The molecular weight excluding hydrogens is 611 g/mol. The minimum absolute atomic E-state index is 0.0216. The molecule has 1 saturated heterocycles. The Hall–Kier alpha value is -4.65. The van der Waals surface area contributed by atoms with E-state index in [1.54, 1.807) is 19.4 Å². The molecule has 0 atom stereocenters. The van der Waals surface area contributed by atoms with Crippen LogP contribution in [0.2, 0.25) is 0 Å². The number of hydrogen-bond donors (Lipinski definition) is 3. The molecule has 2 aromatic heterocycles. The fourth-order valence-electron chi connectivity index (χ4n) is 5.65. The van der Waals surface area contributed by atoms with Gasteiger partial charge in [-0.05, 0) is 54.5 Å². The van der Waals surface area contributed by atoms with Gasteiger partial charge in [0.2, 0.25) is 5.91 Å². The predicted octanol–water partition coefficient (Wildman–Crippen LogP) is 1.96. The summed E-state index contributed by atoms with van der Waals surface area (Å²) in [5, 5.41) is 17.4. The maximum Gasteiger partial charge on any atom is 0.272 e. The second kappa shape index (κ2) is 13.6. The quantitative estimate of drug-likeness (QED) is 0.222. The van der Waals surface area contributed by atoms with Gasteiger partial charge in [-0.15, -0.1) is 21.5 Å². The van der Waals surface area contributed by atoms with Crippen LogP contribution in [0.5, 0.6) is 5.75 Å². The molecule has 1 aliphatic carbocycles. The van der Waals surface area contributed by atoms with Crippen molar-refractivity contribution in [3.8, 4) is 16.3 Å². The zero-order chi connectivity index (χ0) is 33.1. The van der Waals surface area contributed by atoms with E-state index in [0.717, 1.165) is 25.7 Å². The molecule has 3 N–H and O–H groups in total. The normalized spacial score (nSPS) is 15.1. The molecule has 1 aliphatic heterocycles. The van der Waals surface area contributed by atoms with Crippen molar-refractivity contribution >= 4 is 69.8 Å². The molecule has 15 heteroatoms. The van der Waals surface area contributed by atoms with Crippen LogP contribution in [-0.4, -0.2) is 86.8 Å². The highest BCUT2D eigenvalue weighted by Crippen LogP contribution is 2.40. The Kier molecular flexibility index (Phi) is 9.35. The Morgan fingerprint density at radius 3 is 2.38 bits per heavy atom. The zero-order valence-electron chi connectivity index (χ0n) is 27.0. The Labute approximate surface area is 280 Å². The van der Waals surface area contributed by atoms with Crippen LogP contribution in [0, 0.1) is 5.92 Å². The van der Waals surface area contributed by atoms with Crippen LogP contribution < -0.4 is 20.7 Å². The van der Waals surface area contributed by atoms with Gasteiger partial charge in [-0.1, -0.05) is 36.4 Å². The first-order valence-corrected chi connectivity index (χ1v) is 16.7. The van der Waals surface area contributed by atoms with E-state index in [2.05, 4.69) is 55.4 Å². The van der Waals surface area contributed by atoms with Gasteiger partial charge in [0.1, 0.15) is 33.4 Å². The van der Waals surface area contributed by atoms with Gasteiger partial charge >= 0.3 is 0 Å². The minimum atomic E-state index is -0.510. The molecule has 1 saturated carbocycles. The van der Waals surface area contributed by atoms with E-state index in [9.17, 15) is 14.4 Å². The van der Waals surface area contributed by atoms with Crippen molar-refractivity contribution in [1.29, 1.82) is 0 Å². The number of thiazole rings is 1. The summed E-state index contributed by atoms with van der Waals surface area (Å²) in [4.78, 5) is 46.2. The molecule has 0 spiro atoms. The van der Waals surface area contributed by atoms with E-state index in [0.29, 0.717) is 51.6 Å². The number of nitrogens with zero attached hydrogens (tertiary/aromatic N) is 4. The summed E-state index contributed by atoms with van der Waals surface area (Å²) in [5.74, 6) is 0.592. The van der Waals surface area contributed by atoms with Crippen molar-refractivity contribution in [2.45, 2.75) is 36.8 Å². The predicted molar refractivity (Wildman–Crippen MR) is 191 cm³/mol. The number of amides is 3. The highest BCUT2D eigenvalue weighted by molar-refractivity contribution is 7.17. The van der Waals surface area contributed by atoms with Gasteiger partial charge in [-0.2, -0.15) is 0 Å². The average Bonchev–Trinajstić information content (AvgIpc) is 3.81. The Balaban J connectivity index is 1.23. The number of methoxy groups -OCH3 is 1. The molecule has 0 unspecified atom stereocenters. The van der Waals surface area contributed by atoms with Gasteiger partial charge in [0, 0.05) is 25.1 Å². The maximum atomic E-state index is 13.5. The van der Waals surface area contributed by atoms with Crippen LogP contribution >= 0.6 is 11.3 Å². The third kappa shape index (κ3) is 7.67. The first-order valence-electron chi connectivity index (χ1n) is 15.8. The molecule has 0 radical (unpaired) electrons. The number of para-hydroxylation sites is 1. The van der Waals surface area contributed by atoms with Crippen LogP contribution in [-0.2, 0) is 4.79 Å². The monoisotopic (exact) mass is 647 g/mol. The van der Waals surface area contributed by atoms with Crippen molar-refractivity contribution in [2.75, 3.05) is 30.8 Å². The topological polar surface area (TPSA) is 138 Å². The van der Waals surface area contributed by atoms with Crippen molar-refractivity contribution in [1.82, 2.24) is 25.4 Å². The van der Waals surface area contributed by atoms with E-state index in [4.69, 9.17) is 4.74 Å². The number of nitrogens with one attached hydrogen (secondary N) is 3. The van der Waals surface area contributed by atoms with Crippen LogP contribution in [0.3, 0.4) is 0 Å². The lowest BCUT2D eigenvalue weighted by atomic mass is 9.49. The lowest BCUT2D eigenvalue weighted by Gasteiger charge is -2.31. The molecular formula is C32H36B3N7O4S. The number of piperidine rings is 1. The maximum absolute atomic E-state index is 13.5. The number of carbonyl (C=O) groups is 3. The molecule has 2 aromatic carbocycles. The van der Waals surface area contributed by atoms with E-state index in [1.165, 1.54) is 16.9 Å². The molecule has 4 aromatic rings. The summed E-state index contributed by atoms with van der Waals surface area (Å²) in [5.41, 5.74) is 2.97. The third-order valence-electron chi connectivity index (χ3n) is 8.19. The molecule has 6 rings (SSSR count). The molecule has 2 fully saturated rings. The van der Waals surface area contributed by atoms with Crippen molar-refractivity contribution < 1.29 is 19.1 Å². The highest BCUT2D eigenvalue weighted by Gasteiger charge is 2.31. The van der Waals surface area contributed by atoms with Gasteiger partial charge in [-0.25, -0.2) is 4.98 Å².